The quantitative estimate of drug-likeness (QED) is 0.511. The third kappa shape index (κ3) is 4.11. The molecule has 0 aliphatic carbocycles. The molecular formula is C23H22N4O2. The van der Waals surface area contributed by atoms with E-state index in [4.69, 9.17) is 9.72 Å². The standard InChI is InChI=1S/C23H22N4O2/c1-2-29-20-13-7-6-11-18(20)26-22(28)15-14-21-25-19-12-8-16-24-23(19)27(21)17-9-4-3-5-10-17/h3-13,16H,2,14-15H2,1H3,(H,26,28). The fraction of sp³-hybridized carbons (Fsp3) is 0.174. The van der Waals surface area contributed by atoms with Crippen molar-refractivity contribution in [3.05, 3.63) is 78.8 Å². The first-order valence-electron chi connectivity index (χ1n) is 9.65. The number of para-hydroxylation sites is 3. The molecule has 2 aromatic carbocycles. The Balaban J connectivity index is 1.55. The number of carbonyl (C=O) groups excluding carboxylic acids is 1. The number of anilines is 1. The van der Waals surface area contributed by atoms with Crippen molar-refractivity contribution < 1.29 is 9.53 Å². The summed E-state index contributed by atoms with van der Waals surface area (Å²) < 4.78 is 7.59. The van der Waals surface area contributed by atoms with Crippen molar-refractivity contribution in [2.45, 2.75) is 19.8 Å². The summed E-state index contributed by atoms with van der Waals surface area (Å²) in [4.78, 5) is 21.8. The maximum absolute atomic E-state index is 12.6. The Labute approximate surface area is 169 Å². The molecule has 0 unspecified atom stereocenters. The van der Waals surface area contributed by atoms with Crippen molar-refractivity contribution in [2.75, 3.05) is 11.9 Å². The fourth-order valence-corrected chi connectivity index (χ4v) is 3.26. The number of hydrogen-bond donors (Lipinski definition) is 1. The Bertz CT molecular complexity index is 1120. The van der Waals surface area contributed by atoms with Crippen LogP contribution in [0.25, 0.3) is 16.9 Å². The summed E-state index contributed by atoms with van der Waals surface area (Å²) in [7, 11) is 0. The monoisotopic (exact) mass is 386 g/mol. The van der Waals surface area contributed by atoms with Crippen LogP contribution in [0.3, 0.4) is 0 Å². The summed E-state index contributed by atoms with van der Waals surface area (Å²) in [6.07, 6.45) is 2.55. The minimum atomic E-state index is -0.0863. The topological polar surface area (TPSA) is 69.0 Å². The number of benzene rings is 2. The molecule has 2 heterocycles. The zero-order chi connectivity index (χ0) is 20.1. The SMILES string of the molecule is CCOc1ccccc1NC(=O)CCc1nc2cccnc2n1-c1ccccc1. The number of ether oxygens (including phenoxy) is 1. The Morgan fingerprint density at radius 2 is 1.83 bits per heavy atom. The zero-order valence-corrected chi connectivity index (χ0v) is 16.2. The molecule has 0 spiro atoms. The highest BCUT2D eigenvalue weighted by atomic mass is 16.5. The van der Waals surface area contributed by atoms with Gasteiger partial charge in [-0.15, -0.1) is 0 Å². The van der Waals surface area contributed by atoms with E-state index in [1.54, 1.807) is 6.20 Å². The van der Waals surface area contributed by atoms with Gasteiger partial charge in [0.25, 0.3) is 0 Å². The van der Waals surface area contributed by atoms with Crippen LogP contribution in [0.15, 0.2) is 72.9 Å². The van der Waals surface area contributed by atoms with E-state index in [0.29, 0.717) is 30.9 Å². The smallest absolute Gasteiger partial charge is 0.224 e. The summed E-state index contributed by atoms with van der Waals surface area (Å²) in [5.74, 6) is 1.39. The molecular weight excluding hydrogens is 364 g/mol. The van der Waals surface area contributed by atoms with Crippen LogP contribution in [-0.2, 0) is 11.2 Å². The van der Waals surface area contributed by atoms with E-state index >= 15 is 0 Å². The highest BCUT2D eigenvalue weighted by molar-refractivity contribution is 5.92. The van der Waals surface area contributed by atoms with Gasteiger partial charge in [-0.05, 0) is 43.3 Å². The lowest BCUT2D eigenvalue weighted by molar-refractivity contribution is -0.116. The van der Waals surface area contributed by atoms with Crippen LogP contribution in [-0.4, -0.2) is 27.0 Å². The lowest BCUT2D eigenvalue weighted by Crippen LogP contribution is -2.14. The molecule has 0 atom stereocenters. The van der Waals surface area contributed by atoms with Gasteiger partial charge >= 0.3 is 0 Å². The molecule has 0 fully saturated rings. The minimum Gasteiger partial charge on any atom is -0.492 e. The third-order valence-electron chi connectivity index (χ3n) is 4.54. The zero-order valence-electron chi connectivity index (χ0n) is 16.2. The molecule has 146 valence electrons. The highest BCUT2D eigenvalue weighted by Crippen LogP contribution is 2.24. The van der Waals surface area contributed by atoms with E-state index < -0.39 is 0 Å². The molecule has 1 N–H and O–H groups in total. The minimum absolute atomic E-state index is 0.0863. The first kappa shape index (κ1) is 18.7. The maximum Gasteiger partial charge on any atom is 0.224 e. The number of imidazole rings is 1. The van der Waals surface area contributed by atoms with E-state index in [2.05, 4.69) is 10.3 Å². The molecule has 0 aliphatic heterocycles. The Kier molecular flexibility index (Phi) is 5.52. The van der Waals surface area contributed by atoms with Crippen LogP contribution in [0.2, 0.25) is 0 Å². The van der Waals surface area contributed by atoms with E-state index in [0.717, 1.165) is 22.7 Å². The van der Waals surface area contributed by atoms with Gasteiger partial charge in [-0.2, -0.15) is 0 Å². The Morgan fingerprint density at radius 3 is 2.66 bits per heavy atom. The lowest BCUT2D eigenvalue weighted by atomic mass is 10.2. The van der Waals surface area contributed by atoms with Crippen LogP contribution >= 0.6 is 0 Å². The van der Waals surface area contributed by atoms with Gasteiger partial charge in [0.1, 0.15) is 17.1 Å². The van der Waals surface area contributed by atoms with Crippen molar-refractivity contribution >= 4 is 22.8 Å². The van der Waals surface area contributed by atoms with Crippen LogP contribution in [0.1, 0.15) is 19.2 Å². The van der Waals surface area contributed by atoms with Gasteiger partial charge in [-0.25, -0.2) is 9.97 Å². The Hall–Kier alpha value is -3.67. The number of fused-ring (bicyclic) bond motifs is 1. The first-order chi connectivity index (χ1) is 14.3. The lowest BCUT2D eigenvalue weighted by Gasteiger charge is -2.12. The summed E-state index contributed by atoms with van der Waals surface area (Å²) >= 11 is 0. The van der Waals surface area contributed by atoms with Crippen LogP contribution in [0.5, 0.6) is 5.75 Å². The summed E-state index contributed by atoms with van der Waals surface area (Å²) in [5, 5.41) is 2.94. The van der Waals surface area contributed by atoms with Gasteiger partial charge in [0.15, 0.2) is 5.65 Å². The summed E-state index contributed by atoms with van der Waals surface area (Å²) in [6, 6.07) is 21.2. The molecule has 0 saturated heterocycles. The van der Waals surface area contributed by atoms with E-state index in [-0.39, 0.29) is 5.91 Å². The second-order valence-electron chi connectivity index (χ2n) is 6.52. The number of aromatic nitrogens is 3. The van der Waals surface area contributed by atoms with Gasteiger partial charge in [0.2, 0.25) is 5.91 Å². The van der Waals surface area contributed by atoms with Crippen molar-refractivity contribution in [1.29, 1.82) is 0 Å². The number of hydrogen-bond acceptors (Lipinski definition) is 4. The molecule has 4 rings (SSSR count). The second kappa shape index (κ2) is 8.56. The van der Waals surface area contributed by atoms with Crippen molar-refractivity contribution in [2.24, 2.45) is 0 Å². The average Bonchev–Trinajstić information content (AvgIpc) is 3.13. The molecule has 29 heavy (non-hydrogen) atoms. The number of rotatable bonds is 7. The molecule has 6 nitrogen and oxygen atoms in total. The molecule has 6 heteroatoms. The van der Waals surface area contributed by atoms with E-state index in [9.17, 15) is 4.79 Å². The average molecular weight is 386 g/mol. The third-order valence-corrected chi connectivity index (χ3v) is 4.54. The van der Waals surface area contributed by atoms with Crippen molar-refractivity contribution in [3.8, 4) is 11.4 Å². The fourth-order valence-electron chi connectivity index (χ4n) is 3.26. The number of amides is 1. The number of pyridine rings is 1. The number of aryl methyl sites for hydroxylation is 1. The molecule has 2 aromatic heterocycles. The predicted molar refractivity (Wildman–Crippen MR) is 113 cm³/mol. The number of nitrogens with one attached hydrogen (secondary N) is 1. The van der Waals surface area contributed by atoms with Crippen LogP contribution in [0.4, 0.5) is 5.69 Å². The molecule has 0 aliphatic rings. The second-order valence-corrected chi connectivity index (χ2v) is 6.52. The summed E-state index contributed by atoms with van der Waals surface area (Å²) in [5.41, 5.74) is 3.26. The van der Waals surface area contributed by atoms with Crippen molar-refractivity contribution in [1.82, 2.24) is 14.5 Å². The number of nitrogens with zero attached hydrogens (tertiary/aromatic N) is 3. The van der Waals surface area contributed by atoms with Crippen LogP contribution in [0, 0.1) is 0 Å². The molecule has 0 saturated carbocycles. The van der Waals surface area contributed by atoms with Gasteiger partial charge in [0.05, 0.1) is 12.3 Å². The molecule has 0 radical (unpaired) electrons. The van der Waals surface area contributed by atoms with E-state index in [1.165, 1.54) is 0 Å². The molecule has 1 amide bonds. The highest BCUT2D eigenvalue weighted by Gasteiger charge is 2.15. The van der Waals surface area contributed by atoms with Gasteiger partial charge in [0, 0.05) is 24.7 Å². The summed E-state index contributed by atoms with van der Waals surface area (Å²) in [6.45, 7) is 2.46. The predicted octanol–water partition coefficient (Wildman–Crippen LogP) is 4.39. The van der Waals surface area contributed by atoms with Gasteiger partial charge in [-0.1, -0.05) is 30.3 Å². The van der Waals surface area contributed by atoms with E-state index in [1.807, 2.05) is 78.2 Å². The first-order valence-corrected chi connectivity index (χ1v) is 9.65. The molecule has 0 bridgehead atoms. The Morgan fingerprint density at radius 1 is 1.03 bits per heavy atom. The van der Waals surface area contributed by atoms with Crippen molar-refractivity contribution in [3.63, 3.8) is 0 Å². The molecule has 4 aromatic rings. The van der Waals surface area contributed by atoms with Gasteiger partial charge in [-0.3, -0.25) is 9.36 Å². The van der Waals surface area contributed by atoms with Gasteiger partial charge < -0.3 is 10.1 Å². The largest absolute Gasteiger partial charge is 0.492 e. The number of carbonyl (C=O) groups is 1. The van der Waals surface area contributed by atoms with Crippen LogP contribution < -0.4 is 10.1 Å². The normalized spacial score (nSPS) is 10.8. The maximum atomic E-state index is 12.6.